The third kappa shape index (κ3) is 8.86. The Morgan fingerprint density at radius 3 is 2.23 bits per heavy atom. The molecule has 2 N–H and O–H groups in total. The molecule has 1 rings (SSSR count). The van der Waals surface area contributed by atoms with E-state index in [0.29, 0.717) is 0 Å². The number of nitrogens with zero attached hydrogens (tertiary/aromatic N) is 2. The minimum Gasteiger partial charge on any atom is -0.478 e. The maximum absolute atomic E-state index is 13.0. The molecular formula is C23H43N3O4. The van der Waals surface area contributed by atoms with E-state index in [-0.39, 0.29) is 35.9 Å². The van der Waals surface area contributed by atoms with Crippen molar-refractivity contribution in [1.82, 2.24) is 15.1 Å². The average Bonchev–Trinajstić information content (AvgIpc) is 2.62. The van der Waals surface area contributed by atoms with Crippen molar-refractivity contribution in [2.24, 2.45) is 11.3 Å². The third-order valence-corrected chi connectivity index (χ3v) is 5.24. The first-order chi connectivity index (χ1) is 13.8. The molecule has 2 amide bonds. The maximum atomic E-state index is 13.0. The van der Waals surface area contributed by atoms with Gasteiger partial charge in [-0.2, -0.15) is 0 Å². The molecule has 7 heteroatoms. The summed E-state index contributed by atoms with van der Waals surface area (Å²) in [5.74, 6) is -1.12. The Hall–Kier alpha value is -1.89. The highest BCUT2D eigenvalue weighted by Crippen LogP contribution is 2.25. The van der Waals surface area contributed by atoms with Crippen LogP contribution in [0.5, 0.6) is 0 Å². The lowest BCUT2D eigenvalue weighted by molar-refractivity contribution is -0.140. The molecule has 174 valence electrons. The Balaban J connectivity index is 0.00000263. The average molecular weight is 426 g/mol. The number of amides is 2. The molecule has 3 unspecified atom stereocenters. The zero-order valence-corrected chi connectivity index (χ0v) is 20.4. The molecule has 3 atom stereocenters. The number of piperidine rings is 1. The molecule has 1 saturated heterocycles. The lowest BCUT2D eigenvalue weighted by Gasteiger charge is -2.39. The van der Waals surface area contributed by atoms with Gasteiger partial charge in [-0.15, -0.1) is 0 Å². The van der Waals surface area contributed by atoms with Gasteiger partial charge in [0.1, 0.15) is 6.04 Å². The Morgan fingerprint density at radius 2 is 1.80 bits per heavy atom. The highest BCUT2D eigenvalue weighted by Gasteiger charge is 2.39. The summed E-state index contributed by atoms with van der Waals surface area (Å²) in [4.78, 5) is 40.4. The number of nitrogens with one attached hydrogen (secondary N) is 1. The number of carbonyl (C=O) groups is 3. The van der Waals surface area contributed by atoms with Gasteiger partial charge in [-0.3, -0.25) is 14.5 Å². The molecule has 1 aliphatic rings. The van der Waals surface area contributed by atoms with E-state index >= 15 is 0 Å². The molecule has 0 aromatic rings. The van der Waals surface area contributed by atoms with Crippen LogP contribution in [0.4, 0.5) is 0 Å². The summed E-state index contributed by atoms with van der Waals surface area (Å²) >= 11 is 0. The van der Waals surface area contributed by atoms with E-state index in [9.17, 15) is 14.4 Å². The Bertz CT molecular complexity index is 600. The summed E-state index contributed by atoms with van der Waals surface area (Å²) in [5.41, 5.74) is -0.285. The van der Waals surface area contributed by atoms with Crippen LogP contribution in [0.15, 0.2) is 11.6 Å². The fraction of sp³-hybridized carbons (Fsp3) is 0.783. The lowest BCUT2D eigenvalue weighted by Crippen LogP contribution is -2.59. The Morgan fingerprint density at radius 1 is 1.27 bits per heavy atom. The van der Waals surface area contributed by atoms with Crippen molar-refractivity contribution >= 4 is 17.8 Å². The highest BCUT2D eigenvalue weighted by atomic mass is 16.4. The molecule has 0 saturated carbocycles. The van der Waals surface area contributed by atoms with Gasteiger partial charge < -0.3 is 15.3 Å². The molecule has 0 aromatic carbocycles. The molecule has 30 heavy (non-hydrogen) atoms. The number of likely N-dealkylation sites (tertiary alicyclic amines) is 1. The van der Waals surface area contributed by atoms with Crippen molar-refractivity contribution in [3.8, 4) is 0 Å². The second-order valence-corrected chi connectivity index (χ2v) is 9.47. The van der Waals surface area contributed by atoms with Crippen LogP contribution in [0.1, 0.15) is 67.7 Å². The van der Waals surface area contributed by atoms with E-state index in [0.717, 1.165) is 19.4 Å². The topological polar surface area (TPSA) is 90.0 Å². The molecule has 1 aliphatic heterocycles. The van der Waals surface area contributed by atoms with E-state index in [4.69, 9.17) is 5.11 Å². The smallest absolute Gasteiger partial charge is 0.331 e. The van der Waals surface area contributed by atoms with Gasteiger partial charge in [-0.25, -0.2) is 4.79 Å². The predicted octanol–water partition coefficient (Wildman–Crippen LogP) is 3.15. The highest BCUT2D eigenvalue weighted by molar-refractivity contribution is 5.91. The van der Waals surface area contributed by atoms with Gasteiger partial charge in [0.15, 0.2) is 0 Å². The first-order valence-electron chi connectivity index (χ1n) is 10.9. The summed E-state index contributed by atoms with van der Waals surface area (Å²) in [7, 11) is 3.56. The van der Waals surface area contributed by atoms with Gasteiger partial charge in [0.05, 0.1) is 6.04 Å². The van der Waals surface area contributed by atoms with Crippen molar-refractivity contribution in [1.29, 1.82) is 0 Å². The lowest BCUT2D eigenvalue weighted by atomic mass is 9.84. The molecule has 0 spiro atoms. The van der Waals surface area contributed by atoms with E-state index in [2.05, 4.69) is 31.0 Å². The zero-order chi connectivity index (χ0) is 23.6. The minimum absolute atomic E-state index is 0.122. The molecule has 0 bridgehead atoms. The van der Waals surface area contributed by atoms with Crippen LogP contribution in [0.25, 0.3) is 0 Å². The van der Waals surface area contributed by atoms with Gasteiger partial charge in [0.2, 0.25) is 11.8 Å². The van der Waals surface area contributed by atoms with Crippen LogP contribution in [0.2, 0.25) is 0 Å². The fourth-order valence-corrected chi connectivity index (χ4v) is 3.40. The van der Waals surface area contributed by atoms with E-state index in [1.165, 1.54) is 24.3 Å². The van der Waals surface area contributed by atoms with Crippen molar-refractivity contribution in [2.45, 2.75) is 79.8 Å². The first kappa shape index (κ1) is 28.1. The number of carboxylic acids is 1. The van der Waals surface area contributed by atoms with Gasteiger partial charge in [0.25, 0.3) is 0 Å². The van der Waals surface area contributed by atoms with E-state index in [1.54, 1.807) is 7.05 Å². The third-order valence-electron chi connectivity index (χ3n) is 5.24. The SMILES string of the molecule is C/C(=C\CN(C)C(=O)C(NC(=O)C1C(C)CCCN1C)C(C)(C)C)C(=O)O.CCC. The fourth-order valence-electron chi connectivity index (χ4n) is 3.40. The molecule has 0 radical (unpaired) electrons. The van der Waals surface area contributed by atoms with E-state index < -0.39 is 17.4 Å². The van der Waals surface area contributed by atoms with Crippen molar-refractivity contribution in [3.63, 3.8) is 0 Å². The summed E-state index contributed by atoms with van der Waals surface area (Å²) in [6.45, 7) is 14.6. The molecule has 1 fully saturated rings. The summed E-state index contributed by atoms with van der Waals surface area (Å²) < 4.78 is 0. The van der Waals surface area contributed by atoms with Gasteiger partial charge in [0, 0.05) is 19.2 Å². The number of rotatable bonds is 6. The number of carboxylic acid groups (broad SMARTS) is 1. The van der Waals surface area contributed by atoms with Crippen molar-refractivity contribution < 1.29 is 19.5 Å². The van der Waals surface area contributed by atoms with Crippen LogP contribution >= 0.6 is 0 Å². The van der Waals surface area contributed by atoms with Gasteiger partial charge in [-0.05, 0) is 44.7 Å². The normalized spacial score (nSPS) is 21.2. The summed E-state index contributed by atoms with van der Waals surface area (Å²) in [6.07, 6.45) is 4.82. The number of likely N-dealkylation sites (N-methyl/N-ethyl adjacent to an activating group) is 2. The standard InChI is InChI=1S/C20H35N3O4.C3H8/c1-13-9-8-11-22(6)15(13)17(24)21-16(20(3,4)5)18(25)23(7)12-10-14(2)19(26)27;1-3-2/h10,13,15-16H,8-9,11-12H2,1-7H3,(H,21,24)(H,26,27);3H2,1-2H3/b14-10+;. The van der Waals surface area contributed by atoms with Gasteiger partial charge >= 0.3 is 5.97 Å². The predicted molar refractivity (Wildman–Crippen MR) is 121 cm³/mol. The maximum Gasteiger partial charge on any atom is 0.331 e. The second kappa shape index (κ2) is 12.7. The van der Waals surface area contributed by atoms with E-state index in [1.807, 2.05) is 27.8 Å². The van der Waals surface area contributed by atoms with Crippen LogP contribution in [0, 0.1) is 11.3 Å². The number of hydrogen-bond donors (Lipinski definition) is 2. The summed E-state index contributed by atoms with van der Waals surface area (Å²) in [6, 6.07) is -0.924. The Kier molecular flexibility index (Phi) is 11.9. The number of carbonyl (C=O) groups excluding carboxylic acids is 2. The van der Waals surface area contributed by atoms with Crippen LogP contribution in [0.3, 0.4) is 0 Å². The quantitative estimate of drug-likeness (QED) is 0.638. The largest absolute Gasteiger partial charge is 0.478 e. The second-order valence-electron chi connectivity index (χ2n) is 9.47. The molecule has 1 heterocycles. The number of aliphatic carboxylic acids is 1. The monoisotopic (exact) mass is 425 g/mol. The van der Waals surface area contributed by atoms with Crippen LogP contribution in [-0.2, 0) is 14.4 Å². The molecule has 7 nitrogen and oxygen atoms in total. The molecule has 0 aromatic heterocycles. The zero-order valence-electron chi connectivity index (χ0n) is 20.4. The summed E-state index contributed by atoms with van der Waals surface area (Å²) in [5, 5.41) is 11.9. The number of hydrogen-bond acceptors (Lipinski definition) is 4. The first-order valence-corrected chi connectivity index (χ1v) is 10.9. The van der Waals surface area contributed by atoms with Crippen molar-refractivity contribution in [2.75, 3.05) is 27.2 Å². The minimum atomic E-state index is -1.01. The van der Waals surface area contributed by atoms with Gasteiger partial charge in [-0.1, -0.05) is 54.0 Å². The van der Waals surface area contributed by atoms with Crippen LogP contribution < -0.4 is 5.32 Å². The Labute approximate surface area is 182 Å². The van der Waals surface area contributed by atoms with Crippen LogP contribution in [-0.4, -0.2) is 72.0 Å². The molecular weight excluding hydrogens is 382 g/mol. The van der Waals surface area contributed by atoms with Crippen molar-refractivity contribution in [3.05, 3.63) is 11.6 Å². The molecule has 0 aliphatic carbocycles.